The number of aromatic nitrogens is 1. The van der Waals surface area contributed by atoms with E-state index in [0.717, 1.165) is 17.7 Å². The van der Waals surface area contributed by atoms with Crippen molar-refractivity contribution in [3.05, 3.63) is 40.7 Å². The highest BCUT2D eigenvalue weighted by atomic mass is 32.1. The summed E-state index contributed by atoms with van der Waals surface area (Å²) in [6, 6.07) is 10.1. The first-order valence-corrected chi connectivity index (χ1v) is 7.57. The maximum absolute atomic E-state index is 11.5. The van der Waals surface area contributed by atoms with Gasteiger partial charge in [-0.2, -0.15) is 0 Å². The van der Waals surface area contributed by atoms with Gasteiger partial charge in [0.25, 0.3) is 0 Å². The van der Waals surface area contributed by atoms with Crippen LogP contribution >= 0.6 is 11.3 Å². The number of benzene rings is 1. The number of carbonyl (C=O) groups excluding carboxylic acids is 1. The largest absolute Gasteiger partial charge is 0.338 e. The number of nitrogens with zero attached hydrogens (tertiary/aromatic N) is 1. The van der Waals surface area contributed by atoms with Gasteiger partial charge in [-0.3, -0.25) is 0 Å². The summed E-state index contributed by atoms with van der Waals surface area (Å²) in [6.45, 7) is 4.49. The van der Waals surface area contributed by atoms with Gasteiger partial charge >= 0.3 is 6.03 Å². The van der Waals surface area contributed by atoms with E-state index in [0.29, 0.717) is 6.54 Å². The number of hydrogen-bond donors (Lipinski definition) is 2. The Morgan fingerprint density at radius 3 is 2.75 bits per heavy atom. The van der Waals surface area contributed by atoms with Crippen molar-refractivity contribution in [1.82, 2.24) is 15.6 Å². The quantitative estimate of drug-likeness (QED) is 0.889. The molecule has 5 heteroatoms. The van der Waals surface area contributed by atoms with Crippen molar-refractivity contribution in [2.75, 3.05) is 6.54 Å². The molecule has 1 aromatic carbocycles. The molecule has 0 aliphatic rings. The first kappa shape index (κ1) is 14.5. The summed E-state index contributed by atoms with van der Waals surface area (Å²) in [4.78, 5) is 17.1. The standard InChI is InChI=1S/C15H19N3OS/c1-11(2)18-15(19)16-9-8-13-14(17-10-20-13)12-6-4-3-5-7-12/h3-7,10-11H,8-9H2,1-2H3,(H2,16,18,19). The maximum Gasteiger partial charge on any atom is 0.314 e. The van der Waals surface area contributed by atoms with E-state index >= 15 is 0 Å². The fraction of sp³-hybridized carbons (Fsp3) is 0.333. The van der Waals surface area contributed by atoms with Gasteiger partial charge in [-0.05, 0) is 13.8 Å². The van der Waals surface area contributed by atoms with Crippen molar-refractivity contribution in [2.24, 2.45) is 0 Å². The molecule has 0 radical (unpaired) electrons. The maximum atomic E-state index is 11.5. The van der Waals surface area contributed by atoms with E-state index in [4.69, 9.17) is 0 Å². The third-order valence-electron chi connectivity index (χ3n) is 2.75. The van der Waals surface area contributed by atoms with E-state index < -0.39 is 0 Å². The van der Waals surface area contributed by atoms with Gasteiger partial charge in [0.15, 0.2) is 0 Å². The Bertz CT molecular complexity index is 551. The van der Waals surface area contributed by atoms with Crippen LogP contribution in [0.15, 0.2) is 35.8 Å². The molecule has 0 atom stereocenters. The molecule has 2 N–H and O–H groups in total. The second-order valence-electron chi connectivity index (χ2n) is 4.80. The topological polar surface area (TPSA) is 54.0 Å². The Kier molecular flexibility index (Phi) is 5.12. The number of rotatable bonds is 5. The van der Waals surface area contributed by atoms with Crippen LogP contribution < -0.4 is 10.6 Å². The molecular formula is C15H19N3OS. The predicted octanol–water partition coefficient (Wildman–Crippen LogP) is 3.06. The van der Waals surface area contributed by atoms with Crippen LogP contribution in [-0.2, 0) is 6.42 Å². The molecular weight excluding hydrogens is 270 g/mol. The predicted molar refractivity (Wildman–Crippen MR) is 82.9 cm³/mol. The molecule has 0 saturated carbocycles. The smallest absolute Gasteiger partial charge is 0.314 e. The first-order chi connectivity index (χ1) is 9.66. The summed E-state index contributed by atoms with van der Waals surface area (Å²) in [5, 5.41) is 5.67. The molecule has 2 aromatic rings. The van der Waals surface area contributed by atoms with Gasteiger partial charge in [0.1, 0.15) is 0 Å². The lowest BCUT2D eigenvalue weighted by atomic mass is 10.1. The second kappa shape index (κ2) is 7.05. The van der Waals surface area contributed by atoms with Crippen molar-refractivity contribution in [2.45, 2.75) is 26.3 Å². The lowest BCUT2D eigenvalue weighted by Gasteiger charge is -2.09. The summed E-state index contributed by atoms with van der Waals surface area (Å²) < 4.78 is 0. The highest BCUT2D eigenvalue weighted by Crippen LogP contribution is 2.25. The molecule has 4 nitrogen and oxygen atoms in total. The first-order valence-electron chi connectivity index (χ1n) is 6.69. The number of nitrogens with one attached hydrogen (secondary N) is 2. The molecule has 2 amide bonds. The van der Waals surface area contributed by atoms with E-state index in [1.165, 1.54) is 4.88 Å². The van der Waals surface area contributed by atoms with Gasteiger partial charge in [-0.15, -0.1) is 11.3 Å². The molecule has 2 rings (SSSR count). The van der Waals surface area contributed by atoms with Crippen molar-refractivity contribution in [3.63, 3.8) is 0 Å². The molecule has 0 bridgehead atoms. The Balaban J connectivity index is 1.92. The van der Waals surface area contributed by atoms with E-state index in [1.807, 2.05) is 37.6 Å². The van der Waals surface area contributed by atoms with Gasteiger partial charge in [0, 0.05) is 29.4 Å². The summed E-state index contributed by atoms with van der Waals surface area (Å²) in [5.74, 6) is 0. The average molecular weight is 289 g/mol. The van der Waals surface area contributed by atoms with Crippen molar-refractivity contribution in [3.8, 4) is 11.3 Å². The molecule has 0 saturated heterocycles. The number of urea groups is 1. The molecule has 0 fully saturated rings. The normalized spacial score (nSPS) is 10.6. The van der Waals surface area contributed by atoms with Crippen LogP contribution in [0.25, 0.3) is 11.3 Å². The van der Waals surface area contributed by atoms with E-state index in [9.17, 15) is 4.79 Å². The van der Waals surface area contributed by atoms with Crippen LogP contribution in [-0.4, -0.2) is 23.6 Å². The van der Waals surface area contributed by atoms with Gasteiger partial charge < -0.3 is 10.6 Å². The number of thiazole rings is 1. The Morgan fingerprint density at radius 2 is 2.05 bits per heavy atom. The highest BCUT2D eigenvalue weighted by Gasteiger charge is 2.09. The van der Waals surface area contributed by atoms with E-state index in [2.05, 4.69) is 27.8 Å². The Hall–Kier alpha value is -1.88. The van der Waals surface area contributed by atoms with Crippen LogP contribution in [0.5, 0.6) is 0 Å². The average Bonchev–Trinajstić information content (AvgIpc) is 2.87. The zero-order valence-electron chi connectivity index (χ0n) is 11.7. The summed E-state index contributed by atoms with van der Waals surface area (Å²) in [6.07, 6.45) is 0.792. The zero-order chi connectivity index (χ0) is 14.4. The van der Waals surface area contributed by atoms with Crippen LogP contribution in [0.3, 0.4) is 0 Å². The molecule has 0 aliphatic carbocycles. The molecule has 0 spiro atoms. The Morgan fingerprint density at radius 1 is 1.30 bits per heavy atom. The van der Waals surface area contributed by atoms with E-state index in [-0.39, 0.29) is 12.1 Å². The summed E-state index contributed by atoms with van der Waals surface area (Å²) >= 11 is 1.63. The minimum Gasteiger partial charge on any atom is -0.338 e. The van der Waals surface area contributed by atoms with Crippen LogP contribution in [0.2, 0.25) is 0 Å². The monoisotopic (exact) mass is 289 g/mol. The molecule has 20 heavy (non-hydrogen) atoms. The zero-order valence-corrected chi connectivity index (χ0v) is 12.5. The van der Waals surface area contributed by atoms with Crippen molar-refractivity contribution in [1.29, 1.82) is 0 Å². The lowest BCUT2D eigenvalue weighted by Crippen LogP contribution is -2.40. The second-order valence-corrected chi connectivity index (χ2v) is 5.73. The minimum absolute atomic E-state index is 0.120. The third kappa shape index (κ3) is 4.06. The number of hydrogen-bond acceptors (Lipinski definition) is 3. The fourth-order valence-corrected chi connectivity index (χ4v) is 2.67. The van der Waals surface area contributed by atoms with Crippen LogP contribution in [0.1, 0.15) is 18.7 Å². The summed E-state index contributed by atoms with van der Waals surface area (Å²) in [7, 11) is 0. The fourth-order valence-electron chi connectivity index (χ4n) is 1.88. The Labute approximate surface area is 123 Å². The lowest BCUT2D eigenvalue weighted by molar-refractivity contribution is 0.238. The third-order valence-corrected chi connectivity index (χ3v) is 3.64. The van der Waals surface area contributed by atoms with Gasteiger partial charge in [0.2, 0.25) is 0 Å². The van der Waals surface area contributed by atoms with Crippen molar-refractivity contribution < 1.29 is 4.79 Å². The molecule has 106 valence electrons. The molecule has 1 aromatic heterocycles. The summed E-state index contributed by atoms with van der Waals surface area (Å²) in [5.41, 5.74) is 3.99. The highest BCUT2D eigenvalue weighted by molar-refractivity contribution is 7.10. The SMILES string of the molecule is CC(C)NC(=O)NCCc1scnc1-c1ccccc1. The molecule has 0 unspecified atom stereocenters. The minimum atomic E-state index is -0.120. The number of carbonyl (C=O) groups is 1. The number of amides is 2. The van der Waals surface area contributed by atoms with E-state index in [1.54, 1.807) is 11.3 Å². The van der Waals surface area contributed by atoms with Gasteiger partial charge in [0.05, 0.1) is 11.2 Å². The van der Waals surface area contributed by atoms with Crippen LogP contribution in [0, 0.1) is 0 Å². The van der Waals surface area contributed by atoms with Crippen molar-refractivity contribution >= 4 is 17.4 Å². The molecule has 0 aliphatic heterocycles. The van der Waals surface area contributed by atoms with Crippen LogP contribution in [0.4, 0.5) is 4.79 Å². The van der Waals surface area contributed by atoms with Gasteiger partial charge in [-0.25, -0.2) is 9.78 Å². The molecule has 1 heterocycles. The van der Waals surface area contributed by atoms with Gasteiger partial charge in [-0.1, -0.05) is 30.3 Å².